The molecule has 0 spiro atoms. The number of piperazine rings is 1. The molecule has 0 atom stereocenters. The number of rotatable bonds is 4. The van der Waals surface area contributed by atoms with Gasteiger partial charge in [0.15, 0.2) is 6.61 Å². The summed E-state index contributed by atoms with van der Waals surface area (Å²) in [4.78, 5) is 26.8. The summed E-state index contributed by atoms with van der Waals surface area (Å²) >= 11 is 0. The maximum atomic E-state index is 12.2. The number of aliphatic carboxylic acids is 1. The molecule has 118 valence electrons. The van der Waals surface area contributed by atoms with Gasteiger partial charge in [-0.3, -0.25) is 9.59 Å². The zero-order chi connectivity index (χ0) is 15.5. The molecule has 0 aromatic heterocycles. The Hall–Kier alpha value is -2.28. The molecule has 7 nitrogen and oxygen atoms in total. The first-order valence-electron chi connectivity index (χ1n) is 7.40. The highest BCUT2D eigenvalue weighted by molar-refractivity contribution is 6.02. The third kappa shape index (κ3) is 2.85. The van der Waals surface area contributed by atoms with Crippen LogP contribution in [0.15, 0.2) is 18.2 Å². The normalized spacial score (nSPS) is 17.9. The van der Waals surface area contributed by atoms with Crippen molar-refractivity contribution in [2.24, 2.45) is 0 Å². The van der Waals surface area contributed by atoms with Crippen molar-refractivity contribution in [1.29, 1.82) is 0 Å². The maximum Gasteiger partial charge on any atom is 0.305 e. The number of anilines is 2. The molecule has 0 unspecified atom stereocenters. The molecular formula is C15H19N3O4. The van der Waals surface area contributed by atoms with Gasteiger partial charge in [0.25, 0.3) is 5.91 Å². The molecule has 2 heterocycles. The number of hydrogen-bond acceptors (Lipinski definition) is 5. The first-order valence-corrected chi connectivity index (χ1v) is 7.40. The Morgan fingerprint density at radius 1 is 1.32 bits per heavy atom. The van der Waals surface area contributed by atoms with Crippen LogP contribution in [0.3, 0.4) is 0 Å². The number of hydrogen-bond donors (Lipinski definition) is 2. The van der Waals surface area contributed by atoms with Crippen LogP contribution < -0.4 is 19.9 Å². The minimum atomic E-state index is -0.916. The number of nitrogens with one attached hydrogen (secondary N) is 1. The number of carbonyl (C=O) groups excluding carboxylic acids is 1. The van der Waals surface area contributed by atoms with Gasteiger partial charge in [0, 0.05) is 32.7 Å². The summed E-state index contributed by atoms with van der Waals surface area (Å²) in [5.74, 6) is -0.474. The third-order valence-corrected chi connectivity index (χ3v) is 3.91. The van der Waals surface area contributed by atoms with Crippen LogP contribution in [0, 0.1) is 0 Å². The standard InChI is InChI=1S/C15H19N3O4/c19-13-10-22-12-3-1-2-11(17-8-5-16-6-9-17)15(12)18(13)7-4-14(20)21/h1-3,16H,4-10H2,(H,20,21). The second-order valence-electron chi connectivity index (χ2n) is 5.34. The van der Waals surface area contributed by atoms with E-state index in [0.717, 1.165) is 31.9 Å². The highest BCUT2D eigenvalue weighted by Gasteiger charge is 2.30. The number of fused-ring (bicyclic) bond motifs is 1. The number of carbonyl (C=O) groups is 2. The fourth-order valence-electron chi connectivity index (χ4n) is 2.85. The van der Waals surface area contributed by atoms with E-state index in [1.54, 1.807) is 4.90 Å². The zero-order valence-corrected chi connectivity index (χ0v) is 12.2. The molecule has 0 saturated carbocycles. The van der Waals surface area contributed by atoms with Crippen LogP contribution in [0.1, 0.15) is 6.42 Å². The fraction of sp³-hybridized carbons (Fsp3) is 0.467. The molecule has 0 aliphatic carbocycles. The largest absolute Gasteiger partial charge is 0.481 e. The summed E-state index contributed by atoms with van der Waals surface area (Å²) in [6, 6.07) is 5.68. The summed E-state index contributed by atoms with van der Waals surface area (Å²) in [5.41, 5.74) is 1.62. The quantitative estimate of drug-likeness (QED) is 0.832. The van der Waals surface area contributed by atoms with Crippen molar-refractivity contribution >= 4 is 23.3 Å². The average Bonchev–Trinajstić information content (AvgIpc) is 2.54. The minimum absolute atomic E-state index is 0.0440. The van der Waals surface area contributed by atoms with E-state index in [-0.39, 0.29) is 25.5 Å². The molecule has 2 aliphatic heterocycles. The van der Waals surface area contributed by atoms with Crippen LogP contribution in [-0.2, 0) is 9.59 Å². The molecule has 22 heavy (non-hydrogen) atoms. The van der Waals surface area contributed by atoms with Gasteiger partial charge in [-0.1, -0.05) is 6.07 Å². The number of carboxylic acids is 1. The lowest BCUT2D eigenvalue weighted by molar-refractivity contribution is -0.136. The highest BCUT2D eigenvalue weighted by atomic mass is 16.5. The summed E-state index contributed by atoms with van der Waals surface area (Å²) in [7, 11) is 0. The predicted molar refractivity (Wildman–Crippen MR) is 81.6 cm³/mol. The number of amides is 1. The molecule has 1 saturated heterocycles. The van der Waals surface area contributed by atoms with Gasteiger partial charge in [-0.25, -0.2) is 0 Å². The Morgan fingerprint density at radius 3 is 2.82 bits per heavy atom. The van der Waals surface area contributed by atoms with Crippen molar-refractivity contribution in [2.45, 2.75) is 6.42 Å². The third-order valence-electron chi connectivity index (χ3n) is 3.91. The van der Waals surface area contributed by atoms with Gasteiger partial charge in [-0.15, -0.1) is 0 Å². The highest BCUT2D eigenvalue weighted by Crippen LogP contribution is 2.40. The Morgan fingerprint density at radius 2 is 2.09 bits per heavy atom. The van der Waals surface area contributed by atoms with E-state index in [4.69, 9.17) is 9.84 Å². The van der Waals surface area contributed by atoms with Gasteiger partial charge >= 0.3 is 5.97 Å². The van der Waals surface area contributed by atoms with E-state index < -0.39 is 5.97 Å². The van der Waals surface area contributed by atoms with Crippen LogP contribution in [0.5, 0.6) is 5.75 Å². The van der Waals surface area contributed by atoms with Gasteiger partial charge in [-0.2, -0.15) is 0 Å². The van der Waals surface area contributed by atoms with Gasteiger partial charge in [0.05, 0.1) is 12.1 Å². The van der Waals surface area contributed by atoms with Gasteiger partial charge in [0.2, 0.25) is 0 Å². The smallest absolute Gasteiger partial charge is 0.305 e. The van der Waals surface area contributed by atoms with Crippen LogP contribution in [0.2, 0.25) is 0 Å². The number of benzene rings is 1. The Labute approximate surface area is 128 Å². The van der Waals surface area contributed by atoms with Crippen molar-refractivity contribution in [1.82, 2.24) is 5.32 Å². The SMILES string of the molecule is O=C(O)CCN1C(=O)COc2cccc(N3CCNCC3)c21. The van der Waals surface area contributed by atoms with Gasteiger partial charge in [-0.05, 0) is 12.1 Å². The Balaban J connectivity index is 1.95. The number of ether oxygens (including phenoxy) is 1. The second kappa shape index (κ2) is 6.23. The molecule has 3 rings (SSSR count). The van der Waals surface area contributed by atoms with Crippen LogP contribution in [0.4, 0.5) is 11.4 Å². The molecule has 0 bridgehead atoms. The van der Waals surface area contributed by atoms with Crippen molar-refractivity contribution < 1.29 is 19.4 Å². The van der Waals surface area contributed by atoms with Gasteiger partial charge < -0.3 is 25.0 Å². The summed E-state index contributed by atoms with van der Waals surface area (Å²) in [6.45, 7) is 3.57. The second-order valence-corrected chi connectivity index (χ2v) is 5.34. The average molecular weight is 305 g/mol. The maximum absolute atomic E-state index is 12.2. The van der Waals surface area contributed by atoms with Crippen LogP contribution >= 0.6 is 0 Å². The molecule has 1 amide bonds. The van der Waals surface area contributed by atoms with Crippen LogP contribution in [0.25, 0.3) is 0 Å². The summed E-state index contributed by atoms with van der Waals surface area (Å²) < 4.78 is 5.52. The molecule has 0 radical (unpaired) electrons. The Bertz CT molecular complexity index is 584. The number of para-hydroxylation sites is 1. The van der Waals surface area contributed by atoms with Crippen molar-refractivity contribution in [3.8, 4) is 5.75 Å². The summed E-state index contributed by atoms with van der Waals surface area (Å²) in [5, 5.41) is 12.2. The van der Waals surface area contributed by atoms with E-state index in [1.807, 2.05) is 18.2 Å². The van der Waals surface area contributed by atoms with E-state index in [1.165, 1.54) is 0 Å². The van der Waals surface area contributed by atoms with E-state index >= 15 is 0 Å². The molecule has 1 aromatic carbocycles. The van der Waals surface area contributed by atoms with Crippen molar-refractivity contribution in [3.05, 3.63) is 18.2 Å². The molecular weight excluding hydrogens is 286 g/mol. The number of carboxylic acid groups (broad SMARTS) is 1. The van der Waals surface area contributed by atoms with E-state index in [9.17, 15) is 9.59 Å². The van der Waals surface area contributed by atoms with E-state index in [2.05, 4.69) is 10.2 Å². The molecule has 2 aliphatic rings. The molecule has 1 fully saturated rings. The fourth-order valence-corrected chi connectivity index (χ4v) is 2.85. The van der Waals surface area contributed by atoms with Crippen molar-refractivity contribution in [2.75, 3.05) is 49.1 Å². The van der Waals surface area contributed by atoms with E-state index in [0.29, 0.717) is 11.4 Å². The first kappa shape index (κ1) is 14.6. The van der Waals surface area contributed by atoms with Gasteiger partial charge in [0.1, 0.15) is 11.4 Å². The lowest BCUT2D eigenvalue weighted by Crippen LogP contribution is -2.46. The zero-order valence-electron chi connectivity index (χ0n) is 12.2. The predicted octanol–water partition coefficient (Wildman–Crippen LogP) is 0.296. The van der Waals surface area contributed by atoms with Crippen molar-refractivity contribution in [3.63, 3.8) is 0 Å². The lowest BCUT2D eigenvalue weighted by Gasteiger charge is -2.36. The Kier molecular flexibility index (Phi) is 4.15. The minimum Gasteiger partial charge on any atom is -0.481 e. The molecule has 2 N–H and O–H groups in total. The topological polar surface area (TPSA) is 82.1 Å². The first-order chi connectivity index (χ1) is 10.7. The molecule has 7 heteroatoms. The lowest BCUT2D eigenvalue weighted by atomic mass is 10.1. The molecule has 1 aromatic rings. The van der Waals surface area contributed by atoms with Crippen LogP contribution in [-0.4, -0.2) is 56.3 Å². The summed E-state index contributed by atoms with van der Waals surface area (Å²) in [6.07, 6.45) is -0.0823. The monoisotopic (exact) mass is 305 g/mol. The number of nitrogens with zero attached hydrogens (tertiary/aromatic N) is 2.